The monoisotopic (exact) mass is 369 g/mol. The first kappa shape index (κ1) is 17.9. The van der Waals surface area contributed by atoms with Crippen molar-refractivity contribution >= 4 is 22.4 Å². The molecule has 7 nitrogen and oxygen atoms in total. The first-order valence-corrected chi connectivity index (χ1v) is 9.14. The van der Waals surface area contributed by atoms with Gasteiger partial charge in [-0.15, -0.1) is 11.3 Å². The van der Waals surface area contributed by atoms with Gasteiger partial charge in [0.25, 0.3) is 0 Å². The maximum absolute atomic E-state index is 11.7. The summed E-state index contributed by atoms with van der Waals surface area (Å²) in [7, 11) is 0. The van der Waals surface area contributed by atoms with Gasteiger partial charge in [-0.1, -0.05) is 6.07 Å². The maximum Gasteiger partial charge on any atom is 0.306 e. The van der Waals surface area contributed by atoms with Crippen LogP contribution in [0.25, 0.3) is 11.4 Å². The van der Waals surface area contributed by atoms with Crippen molar-refractivity contribution < 1.29 is 9.53 Å². The molecule has 3 aromatic rings. The van der Waals surface area contributed by atoms with Gasteiger partial charge < -0.3 is 10.1 Å². The van der Waals surface area contributed by atoms with Crippen LogP contribution in [-0.4, -0.2) is 32.5 Å². The van der Waals surface area contributed by atoms with Crippen molar-refractivity contribution in [2.75, 3.05) is 11.9 Å². The minimum Gasteiger partial charge on any atom is -0.466 e. The molecule has 0 bridgehead atoms. The summed E-state index contributed by atoms with van der Waals surface area (Å²) in [5, 5.41) is 3.99. The number of carbonyl (C=O) groups excluding carboxylic acids is 1. The molecule has 0 radical (unpaired) electrons. The molecule has 134 valence electrons. The highest BCUT2D eigenvalue weighted by Gasteiger charge is 2.16. The Bertz CT molecular complexity index is 839. The molecular formula is C18H19N5O2S. The first-order valence-electron chi connectivity index (χ1n) is 8.32. The van der Waals surface area contributed by atoms with Crippen LogP contribution in [-0.2, 0) is 22.5 Å². The minimum absolute atomic E-state index is 0.208. The average Bonchev–Trinajstić information content (AvgIpc) is 3.10. The molecule has 3 rings (SSSR count). The number of esters is 1. The van der Waals surface area contributed by atoms with Gasteiger partial charge in [0.2, 0.25) is 0 Å². The van der Waals surface area contributed by atoms with Gasteiger partial charge in [-0.3, -0.25) is 9.78 Å². The van der Waals surface area contributed by atoms with E-state index >= 15 is 0 Å². The van der Waals surface area contributed by atoms with Gasteiger partial charge >= 0.3 is 5.97 Å². The van der Waals surface area contributed by atoms with Gasteiger partial charge in [0.15, 0.2) is 5.13 Å². The largest absolute Gasteiger partial charge is 0.466 e. The Morgan fingerprint density at radius 3 is 2.69 bits per heavy atom. The second-order valence-corrected chi connectivity index (χ2v) is 6.41. The molecule has 0 saturated heterocycles. The van der Waals surface area contributed by atoms with Crippen LogP contribution in [0.4, 0.5) is 5.13 Å². The lowest BCUT2D eigenvalue weighted by molar-refractivity contribution is -0.143. The Morgan fingerprint density at radius 2 is 1.96 bits per heavy atom. The van der Waals surface area contributed by atoms with Crippen LogP contribution < -0.4 is 5.32 Å². The van der Waals surface area contributed by atoms with E-state index in [1.165, 1.54) is 11.3 Å². The van der Waals surface area contributed by atoms with Crippen LogP contribution in [0.1, 0.15) is 24.0 Å². The fourth-order valence-electron chi connectivity index (χ4n) is 2.32. The quantitative estimate of drug-likeness (QED) is 0.610. The molecule has 0 atom stereocenters. The summed E-state index contributed by atoms with van der Waals surface area (Å²) in [5.41, 5.74) is 1.57. The molecule has 0 amide bonds. The van der Waals surface area contributed by atoms with Crippen molar-refractivity contribution in [1.82, 2.24) is 19.9 Å². The van der Waals surface area contributed by atoms with Gasteiger partial charge in [0, 0.05) is 23.5 Å². The van der Waals surface area contributed by atoms with E-state index in [1.807, 2.05) is 18.2 Å². The third-order valence-electron chi connectivity index (χ3n) is 3.48. The summed E-state index contributed by atoms with van der Waals surface area (Å²) in [6, 6.07) is 7.47. The van der Waals surface area contributed by atoms with Crippen LogP contribution in [0.2, 0.25) is 0 Å². The Kier molecular flexibility index (Phi) is 6.21. The highest BCUT2D eigenvalue weighted by Crippen LogP contribution is 2.31. The number of rotatable bonds is 8. The average molecular weight is 369 g/mol. The summed E-state index contributed by atoms with van der Waals surface area (Å²) in [6.45, 7) is 2.67. The van der Waals surface area contributed by atoms with Gasteiger partial charge in [0.05, 0.1) is 25.3 Å². The zero-order chi connectivity index (χ0) is 18.2. The molecule has 1 N–H and O–H groups in total. The number of hydrogen-bond acceptors (Lipinski definition) is 8. The second kappa shape index (κ2) is 9.00. The molecule has 0 aliphatic rings. The number of hydrogen-bond donors (Lipinski definition) is 1. The Labute approximate surface area is 155 Å². The smallest absolute Gasteiger partial charge is 0.306 e. The van der Waals surface area contributed by atoms with E-state index in [2.05, 4.69) is 25.3 Å². The molecule has 3 heterocycles. The van der Waals surface area contributed by atoms with E-state index in [0.717, 1.165) is 21.4 Å². The second-order valence-electron chi connectivity index (χ2n) is 5.33. The van der Waals surface area contributed by atoms with E-state index in [0.29, 0.717) is 31.8 Å². The van der Waals surface area contributed by atoms with Crippen LogP contribution >= 0.6 is 11.3 Å². The van der Waals surface area contributed by atoms with Crippen LogP contribution in [0.3, 0.4) is 0 Å². The highest BCUT2D eigenvalue weighted by atomic mass is 32.1. The third-order valence-corrected chi connectivity index (χ3v) is 4.56. The van der Waals surface area contributed by atoms with Gasteiger partial charge in [0.1, 0.15) is 11.5 Å². The minimum atomic E-state index is -0.208. The predicted octanol–water partition coefficient (Wildman–Crippen LogP) is 3.10. The number of carbonyl (C=O) groups is 1. The molecule has 8 heteroatoms. The summed E-state index contributed by atoms with van der Waals surface area (Å²) in [4.78, 5) is 30.1. The highest BCUT2D eigenvalue weighted by molar-refractivity contribution is 7.16. The number of pyridine rings is 1. The van der Waals surface area contributed by atoms with E-state index < -0.39 is 0 Å². The van der Waals surface area contributed by atoms with Crippen molar-refractivity contribution in [3.05, 3.63) is 53.6 Å². The standard InChI is InChI=1S/C18H19N5O2S/c1-2-25-16(24)8-7-14-17(13-6-3-4-9-19-13)23-18(26-14)22-12-15-20-10-5-11-21-15/h3-6,9-11H,2,7-8,12H2,1H3,(H,22,23). The summed E-state index contributed by atoms with van der Waals surface area (Å²) >= 11 is 1.51. The molecular weight excluding hydrogens is 350 g/mol. The lowest BCUT2D eigenvalue weighted by atomic mass is 10.2. The van der Waals surface area contributed by atoms with E-state index in [1.54, 1.807) is 31.6 Å². The molecule has 3 aromatic heterocycles. The normalized spacial score (nSPS) is 10.5. The van der Waals surface area contributed by atoms with Crippen molar-refractivity contribution in [3.8, 4) is 11.4 Å². The zero-order valence-corrected chi connectivity index (χ0v) is 15.2. The topological polar surface area (TPSA) is 89.9 Å². The van der Waals surface area contributed by atoms with Gasteiger partial charge in [-0.25, -0.2) is 15.0 Å². The number of nitrogens with zero attached hydrogens (tertiary/aromatic N) is 4. The number of aryl methyl sites for hydroxylation is 1. The van der Waals surface area contributed by atoms with Crippen molar-refractivity contribution in [2.45, 2.75) is 26.3 Å². The van der Waals surface area contributed by atoms with Crippen molar-refractivity contribution in [1.29, 1.82) is 0 Å². The first-order chi connectivity index (χ1) is 12.8. The predicted molar refractivity (Wildman–Crippen MR) is 99.7 cm³/mol. The van der Waals surface area contributed by atoms with Crippen LogP contribution in [0.15, 0.2) is 42.9 Å². The van der Waals surface area contributed by atoms with Crippen LogP contribution in [0.5, 0.6) is 0 Å². The van der Waals surface area contributed by atoms with E-state index in [4.69, 9.17) is 4.74 Å². The molecule has 0 fully saturated rings. The lowest BCUT2D eigenvalue weighted by Crippen LogP contribution is -2.05. The molecule has 0 spiro atoms. The molecule has 0 unspecified atom stereocenters. The fourth-order valence-corrected chi connectivity index (χ4v) is 3.29. The molecule has 0 aliphatic carbocycles. The number of thiazole rings is 1. The zero-order valence-electron chi connectivity index (χ0n) is 14.4. The van der Waals surface area contributed by atoms with E-state index in [-0.39, 0.29) is 5.97 Å². The summed E-state index contributed by atoms with van der Waals surface area (Å²) in [6.07, 6.45) is 6.02. The third kappa shape index (κ3) is 4.82. The number of anilines is 1. The van der Waals surface area contributed by atoms with Crippen molar-refractivity contribution in [3.63, 3.8) is 0 Å². The molecule has 26 heavy (non-hydrogen) atoms. The summed E-state index contributed by atoms with van der Waals surface area (Å²) in [5.74, 6) is 0.482. The molecule has 0 aliphatic heterocycles. The van der Waals surface area contributed by atoms with E-state index in [9.17, 15) is 4.79 Å². The van der Waals surface area contributed by atoms with Crippen LogP contribution in [0, 0.1) is 0 Å². The maximum atomic E-state index is 11.7. The fraction of sp³-hybridized carbons (Fsp3) is 0.278. The molecule has 0 saturated carbocycles. The number of nitrogens with one attached hydrogen (secondary N) is 1. The van der Waals surface area contributed by atoms with Gasteiger partial charge in [-0.2, -0.15) is 0 Å². The number of aromatic nitrogens is 4. The lowest BCUT2D eigenvalue weighted by Gasteiger charge is -2.02. The number of ether oxygens (including phenoxy) is 1. The van der Waals surface area contributed by atoms with Gasteiger partial charge in [-0.05, 0) is 31.5 Å². The van der Waals surface area contributed by atoms with Crippen molar-refractivity contribution in [2.24, 2.45) is 0 Å². The SMILES string of the molecule is CCOC(=O)CCc1sc(NCc2ncccn2)nc1-c1ccccn1. The Morgan fingerprint density at radius 1 is 1.15 bits per heavy atom. The Balaban J connectivity index is 1.77. The molecule has 0 aromatic carbocycles. The Hall–Kier alpha value is -2.87. The summed E-state index contributed by atoms with van der Waals surface area (Å²) < 4.78 is 5.02.